The highest BCUT2D eigenvalue weighted by molar-refractivity contribution is 9.12. The normalized spacial score (nSPS) is 47.9. The van der Waals surface area contributed by atoms with Crippen molar-refractivity contribution in [2.24, 2.45) is 28.6 Å². The first-order chi connectivity index (χ1) is 12.2. The number of rotatable bonds is 1. The predicted molar refractivity (Wildman–Crippen MR) is 108 cm³/mol. The quantitative estimate of drug-likeness (QED) is 0.360. The summed E-state index contributed by atoms with van der Waals surface area (Å²) in [7, 11) is 0. The van der Waals surface area contributed by atoms with Crippen LogP contribution in [0.5, 0.6) is 0 Å². The molecule has 0 unspecified atom stereocenters. The van der Waals surface area contributed by atoms with Crippen molar-refractivity contribution in [3.8, 4) is 0 Å². The van der Waals surface area contributed by atoms with Gasteiger partial charge in [0, 0.05) is 23.6 Å². The SMILES string of the molecule is CC(=O)O[C@H]1CC[C@H]2[C@@H]3C[C@@H](Br)C4=C(Br)C(=O)CC[C@]4(C)[C@H]3CC[C@]12C. The van der Waals surface area contributed by atoms with E-state index in [2.05, 4.69) is 45.7 Å². The summed E-state index contributed by atoms with van der Waals surface area (Å²) in [6.45, 7) is 6.28. The average Bonchev–Trinajstić information content (AvgIpc) is 2.88. The molecule has 0 spiro atoms. The summed E-state index contributed by atoms with van der Waals surface area (Å²) >= 11 is 7.57. The van der Waals surface area contributed by atoms with E-state index in [1.165, 1.54) is 18.9 Å². The van der Waals surface area contributed by atoms with Crippen molar-refractivity contribution in [1.82, 2.24) is 0 Å². The molecule has 0 bridgehead atoms. The Morgan fingerprint density at radius 3 is 2.58 bits per heavy atom. The molecule has 0 aromatic rings. The zero-order chi connectivity index (χ0) is 18.9. The second kappa shape index (κ2) is 6.43. The van der Waals surface area contributed by atoms with Crippen molar-refractivity contribution >= 4 is 43.6 Å². The molecule has 0 saturated heterocycles. The van der Waals surface area contributed by atoms with Gasteiger partial charge in [0.25, 0.3) is 0 Å². The first-order valence-corrected chi connectivity index (χ1v) is 11.6. The van der Waals surface area contributed by atoms with Gasteiger partial charge in [-0.2, -0.15) is 0 Å². The molecule has 0 radical (unpaired) electrons. The summed E-state index contributed by atoms with van der Waals surface area (Å²) < 4.78 is 6.58. The molecule has 0 N–H and O–H groups in total. The van der Waals surface area contributed by atoms with Crippen LogP contribution in [0.4, 0.5) is 0 Å². The van der Waals surface area contributed by atoms with Gasteiger partial charge in [0.2, 0.25) is 0 Å². The van der Waals surface area contributed by atoms with E-state index < -0.39 is 0 Å². The highest BCUT2D eigenvalue weighted by Crippen LogP contribution is 2.67. The number of hydrogen-bond donors (Lipinski definition) is 0. The summed E-state index contributed by atoms with van der Waals surface area (Å²) in [6.07, 6.45) is 7.23. The molecule has 4 aliphatic carbocycles. The van der Waals surface area contributed by atoms with Crippen molar-refractivity contribution in [3.63, 3.8) is 0 Å². The molecule has 0 aromatic carbocycles. The van der Waals surface area contributed by atoms with E-state index >= 15 is 0 Å². The largest absolute Gasteiger partial charge is 0.462 e. The molecule has 144 valence electrons. The van der Waals surface area contributed by atoms with Gasteiger partial charge < -0.3 is 4.74 Å². The number of carbonyl (C=O) groups is 2. The molecule has 3 saturated carbocycles. The molecule has 7 atom stereocenters. The van der Waals surface area contributed by atoms with Crippen molar-refractivity contribution in [2.75, 3.05) is 0 Å². The van der Waals surface area contributed by atoms with Crippen molar-refractivity contribution in [2.45, 2.75) is 76.6 Å². The number of allylic oxidation sites excluding steroid dienone is 1. The highest BCUT2D eigenvalue weighted by Gasteiger charge is 2.61. The van der Waals surface area contributed by atoms with Gasteiger partial charge in [-0.3, -0.25) is 9.59 Å². The van der Waals surface area contributed by atoms with Crippen LogP contribution >= 0.6 is 31.9 Å². The number of hydrogen-bond acceptors (Lipinski definition) is 3. The van der Waals surface area contributed by atoms with E-state index in [9.17, 15) is 9.59 Å². The number of esters is 1. The van der Waals surface area contributed by atoms with Gasteiger partial charge in [0.15, 0.2) is 5.78 Å². The maximum absolute atomic E-state index is 12.3. The lowest BCUT2D eigenvalue weighted by atomic mass is 9.47. The molecule has 3 nitrogen and oxygen atoms in total. The molecule has 0 heterocycles. The lowest BCUT2D eigenvalue weighted by Crippen LogP contribution is -2.54. The van der Waals surface area contributed by atoms with Gasteiger partial charge in [-0.1, -0.05) is 29.8 Å². The Hall–Kier alpha value is -0.160. The number of Topliss-reactive ketones (excluding diaryl/α,β-unsaturated/α-hetero) is 1. The monoisotopic (exact) mass is 486 g/mol. The minimum Gasteiger partial charge on any atom is -0.462 e. The second-order valence-corrected chi connectivity index (χ2v) is 11.3. The van der Waals surface area contributed by atoms with Crippen LogP contribution in [0.2, 0.25) is 0 Å². The third kappa shape index (κ3) is 2.62. The van der Waals surface area contributed by atoms with Crippen LogP contribution in [0.25, 0.3) is 0 Å². The Kier molecular flexibility index (Phi) is 4.74. The maximum atomic E-state index is 12.3. The van der Waals surface area contributed by atoms with Gasteiger partial charge in [-0.05, 0) is 83.2 Å². The molecule has 4 aliphatic rings. The maximum Gasteiger partial charge on any atom is 0.302 e. The fourth-order valence-electron chi connectivity index (χ4n) is 7.01. The van der Waals surface area contributed by atoms with Crippen LogP contribution in [-0.4, -0.2) is 22.7 Å². The van der Waals surface area contributed by atoms with E-state index in [1.807, 2.05) is 0 Å². The summed E-state index contributed by atoms with van der Waals surface area (Å²) in [4.78, 5) is 24.2. The minimum absolute atomic E-state index is 0.0733. The number of ether oxygens (including phenoxy) is 1. The topological polar surface area (TPSA) is 43.4 Å². The van der Waals surface area contributed by atoms with Crippen molar-refractivity contribution < 1.29 is 14.3 Å². The first kappa shape index (κ1) is 19.2. The summed E-state index contributed by atoms with van der Waals surface area (Å²) in [5.74, 6) is 1.99. The lowest BCUT2D eigenvalue weighted by Gasteiger charge is -2.59. The Morgan fingerprint density at radius 2 is 1.88 bits per heavy atom. The molecule has 3 fully saturated rings. The fraction of sp³-hybridized carbons (Fsp3) is 0.810. The van der Waals surface area contributed by atoms with Crippen LogP contribution in [-0.2, 0) is 14.3 Å². The third-order valence-electron chi connectivity index (χ3n) is 8.24. The van der Waals surface area contributed by atoms with Gasteiger partial charge in [0.05, 0.1) is 4.48 Å². The van der Waals surface area contributed by atoms with Crippen molar-refractivity contribution in [3.05, 3.63) is 10.1 Å². The van der Waals surface area contributed by atoms with E-state index in [-0.39, 0.29) is 33.5 Å². The number of alkyl halides is 1. The van der Waals surface area contributed by atoms with Crippen LogP contribution in [0, 0.1) is 28.6 Å². The van der Waals surface area contributed by atoms with E-state index in [4.69, 9.17) is 4.74 Å². The first-order valence-electron chi connectivity index (χ1n) is 9.93. The zero-order valence-corrected chi connectivity index (χ0v) is 19.0. The zero-order valence-electron chi connectivity index (χ0n) is 15.8. The number of ketones is 1. The van der Waals surface area contributed by atoms with Crippen LogP contribution in [0.15, 0.2) is 10.1 Å². The number of halogens is 2. The molecular formula is C21H28Br2O3. The Balaban J connectivity index is 1.69. The Labute approximate surface area is 172 Å². The molecule has 0 amide bonds. The van der Waals surface area contributed by atoms with Gasteiger partial charge >= 0.3 is 5.97 Å². The summed E-state index contributed by atoms with van der Waals surface area (Å²) in [5, 5.41) is 0. The van der Waals surface area contributed by atoms with Crippen molar-refractivity contribution in [1.29, 1.82) is 0 Å². The van der Waals surface area contributed by atoms with E-state index in [0.29, 0.717) is 24.2 Å². The standard InChI is InChI=1S/C21H28Br2O3/c1-11(24)26-17-5-4-13-12-10-15(22)18-19(23)16(25)7-9-21(18,3)14(12)6-8-20(13,17)2/h12-15,17H,4-10H2,1-3H3/t12-,13-,14-,15+,17-,20-,21+/m0/s1. The number of carbonyl (C=O) groups excluding carboxylic acids is 2. The Morgan fingerprint density at radius 1 is 1.15 bits per heavy atom. The smallest absolute Gasteiger partial charge is 0.302 e. The fourth-order valence-corrected chi connectivity index (χ4v) is 9.43. The number of fused-ring (bicyclic) bond motifs is 5. The van der Waals surface area contributed by atoms with Crippen LogP contribution < -0.4 is 0 Å². The lowest BCUT2D eigenvalue weighted by molar-refractivity contribution is -0.157. The molecule has 4 rings (SSSR count). The van der Waals surface area contributed by atoms with E-state index in [0.717, 1.165) is 36.6 Å². The Bertz CT molecular complexity index is 687. The molecule has 26 heavy (non-hydrogen) atoms. The highest BCUT2D eigenvalue weighted by atomic mass is 79.9. The third-order valence-corrected chi connectivity index (χ3v) is 9.94. The van der Waals surface area contributed by atoms with Crippen LogP contribution in [0.3, 0.4) is 0 Å². The van der Waals surface area contributed by atoms with Gasteiger partial charge in [0.1, 0.15) is 6.10 Å². The predicted octanol–water partition coefficient (Wildman–Crippen LogP) is 5.55. The van der Waals surface area contributed by atoms with Gasteiger partial charge in [-0.15, -0.1) is 0 Å². The second-order valence-electron chi connectivity index (χ2n) is 9.37. The summed E-state index contributed by atoms with van der Waals surface area (Å²) in [5.41, 5.74) is 1.52. The molecule has 5 heteroatoms. The molecular weight excluding hydrogens is 460 g/mol. The van der Waals surface area contributed by atoms with Crippen LogP contribution in [0.1, 0.15) is 65.7 Å². The average molecular weight is 488 g/mol. The molecule has 0 aliphatic heterocycles. The minimum atomic E-state index is -0.145. The summed E-state index contributed by atoms with van der Waals surface area (Å²) in [6, 6.07) is 0. The molecule has 0 aromatic heterocycles. The van der Waals surface area contributed by atoms with E-state index in [1.54, 1.807) is 0 Å². The van der Waals surface area contributed by atoms with Gasteiger partial charge in [-0.25, -0.2) is 0 Å².